The van der Waals surface area contributed by atoms with Gasteiger partial charge in [0.25, 0.3) is 0 Å². The summed E-state index contributed by atoms with van der Waals surface area (Å²) in [5.41, 5.74) is 0. The molecule has 0 N–H and O–H groups in total. The number of imide groups is 1. The quantitative estimate of drug-likeness (QED) is 0.757. The van der Waals surface area contributed by atoms with Gasteiger partial charge < -0.3 is 0 Å². The lowest BCUT2D eigenvalue weighted by atomic mass is 9.98. The highest BCUT2D eigenvalue weighted by molar-refractivity contribution is 7.89. The second kappa shape index (κ2) is 5.63. The van der Waals surface area contributed by atoms with Gasteiger partial charge in [-0.15, -0.1) is 0 Å². The van der Waals surface area contributed by atoms with Crippen molar-refractivity contribution in [3.05, 3.63) is 24.5 Å². The number of hydrogen-bond donors (Lipinski definition) is 0. The molecule has 2 bridgehead atoms. The maximum absolute atomic E-state index is 12.9. The van der Waals surface area contributed by atoms with Crippen LogP contribution in [0.1, 0.15) is 38.5 Å². The van der Waals surface area contributed by atoms with E-state index in [1.54, 1.807) is 22.6 Å². The molecule has 0 saturated carbocycles. The van der Waals surface area contributed by atoms with Crippen molar-refractivity contribution in [2.45, 2.75) is 61.5 Å². The van der Waals surface area contributed by atoms with E-state index in [1.165, 1.54) is 11.1 Å². The molecular formula is C16H19N3O4S. The summed E-state index contributed by atoms with van der Waals surface area (Å²) in [7, 11) is -3.59. The number of fused-ring (bicyclic) bond motifs is 2. The predicted octanol–water partition coefficient (Wildman–Crippen LogP) is 0.915. The molecule has 8 heteroatoms. The van der Waals surface area contributed by atoms with E-state index in [0.717, 1.165) is 12.8 Å². The zero-order chi connectivity index (χ0) is 16.9. The smallest absolute Gasteiger partial charge is 0.245 e. The van der Waals surface area contributed by atoms with Crippen molar-refractivity contribution in [1.29, 1.82) is 0 Å². The van der Waals surface area contributed by atoms with E-state index in [4.69, 9.17) is 0 Å². The van der Waals surface area contributed by atoms with E-state index < -0.39 is 10.0 Å². The fraction of sp³-hybridized carbons (Fsp3) is 0.562. The minimum absolute atomic E-state index is 0.118. The number of rotatable bonds is 3. The normalized spacial score (nSPS) is 31.0. The Morgan fingerprint density at radius 2 is 1.62 bits per heavy atom. The number of nitrogens with zero attached hydrogens (tertiary/aromatic N) is 3. The van der Waals surface area contributed by atoms with Crippen LogP contribution in [-0.2, 0) is 19.6 Å². The Kier molecular flexibility index (Phi) is 3.69. The van der Waals surface area contributed by atoms with Gasteiger partial charge in [-0.05, 0) is 37.8 Å². The van der Waals surface area contributed by atoms with Gasteiger partial charge in [0.1, 0.15) is 4.90 Å². The van der Waals surface area contributed by atoms with Gasteiger partial charge in [0.15, 0.2) is 0 Å². The molecule has 3 atom stereocenters. The Labute approximate surface area is 140 Å². The molecule has 1 unspecified atom stereocenters. The summed E-state index contributed by atoms with van der Waals surface area (Å²) in [5.74, 6) is -0.235. The number of hydrogen-bond acceptors (Lipinski definition) is 5. The predicted molar refractivity (Wildman–Crippen MR) is 84.2 cm³/mol. The highest BCUT2D eigenvalue weighted by Gasteiger charge is 2.50. The monoisotopic (exact) mass is 349 g/mol. The first kappa shape index (κ1) is 15.7. The van der Waals surface area contributed by atoms with Crippen molar-refractivity contribution in [3.8, 4) is 0 Å². The van der Waals surface area contributed by atoms with Crippen LogP contribution in [0.25, 0.3) is 0 Å². The Morgan fingerprint density at radius 1 is 1.00 bits per heavy atom. The molecule has 0 spiro atoms. The van der Waals surface area contributed by atoms with Crippen molar-refractivity contribution < 1.29 is 18.0 Å². The highest BCUT2D eigenvalue weighted by atomic mass is 32.2. The molecule has 1 aromatic rings. The SMILES string of the molecule is O=C1CCC(=O)N1C1C[C@H]2CC[C@@H](C1)N2S(=O)(=O)c1cccnc1. The molecule has 0 aromatic carbocycles. The van der Waals surface area contributed by atoms with Gasteiger partial charge in [-0.1, -0.05) is 0 Å². The van der Waals surface area contributed by atoms with Crippen LogP contribution >= 0.6 is 0 Å². The molecule has 24 heavy (non-hydrogen) atoms. The Hall–Kier alpha value is -1.80. The van der Waals surface area contributed by atoms with Crippen molar-refractivity contribution in [2.24, 2.45) is 0 Å². The van der Waals surface area contributed by atoms with Crippen LogP contribution in [0.2, 0.25) is 0 Å². The van der Waals surface area contributed by atoms with E-state index in [0.29, 0.717) is 12.8 Å². The fourth-order valence-electron chi connectivity index (χ4n) is 4.33. The second-order valence-electron chi connectivity index (χ2n) is 6.69. The maximum atomic E-state index is 12.9. The zero-order valence-corrected chi connectivity index (χ0v) is 14.0. The molecular weight excluding hydrogens is 330 g/mol. The molecule has 3 fully saturated rings. The number of aromatic nitrogens is 1. The Morgan fingerprint density at radius 3 is 2.17 bits per heavy atom. The van der Waals surface area contributed by atoms with Crippen molar-refractivity contribution in [1.82, 2.24) is 14.2 Å². The van der Waals surface area contributed by atoms with Crippen LogP contribution < -0.4 is 0 Å². The lowest BCUT2D eigenvalue weighted by Crippen LogP contribution is -2.53. The van der Waals surface area contributed by atoms with E-state index in [9.17, 15) is 18.0 Å². The highest BCUT2D eigenvalue weighted by Crippen LogP contribution is 2.41. The Balaban J connectivity index is 1.60. The molecule has 0 radical (unpaired) electrons. The van der Waals surface area contributed by atoms with Crippen molar-refractivity contribution in [2.75, 3.05) is 0 Å². The third-order valence-corrected chi connectivity index (χ3v) is 7.29. The summed E-state index contributed by atoms with van der Waals surface area (Å²) in [5, 5.41) is 0. The molecule has 4 rings (SSSR count). The molecule has 1 aromatic heterocycles. The number of pyridine rings is 1. The number of sulfonamides is 1. The molecule has 128 valence electrons. The second-order valence-corrected chi connectivity index (χ2v) is 8.53. The van der Waals surface area contributed by atoms with Gasteiger partial charge in [-0.25, -0.2) is 8.42 Å². The van der Waals surface area contributed by atoms with Crippen molar-refractivity contribution in [3.63, 3.8) is 0 Å². The first-order valence-corrected chi connectivity index (χ1v) is 9.71. The molecule has 3 aliphatic heterocycles. The first-order valence-electron chi connectivity index (χ1n) is 8.27. The zero-order valence-electron chi connectivity index (χ0n) is 13.2. The summed E-state index contributed by atoms with van der Waals surface area (Å²) in [6, 6.07) is 2.70. The molecule has 3 saturated heterocycles. The number of carbonyl (C=O) groups excluding carboxylic acids is 2. The van der Waals surface area contributed by atoms with Crippen LogP contribution in [0.3, 0.4) is 0 Å². The summed E-state index contributed by atoms with van der Waals surface area (Å²) in [6.07, 6.45) is 6.10. The minimum Gasteiger partial charge on any atom is -0.279 e. The average Bonchev–Trinajstić information content (AvgIpc) is 3.05. The van der Waals surface area contributed by atoms with Gasteiger partial charge in [0, 0.05) is 43.4 Å². The van der Waals surface area contributed by atoms with E-state index in [1.807, 2.05) is 0 Å². The Bertz CT molecular complexity index is 750. The van der Waals surface area contributed by atoms with Crippen LogP contribution in [0.4, 0.5) is 0 Å². The molecule has 0 aliphatic carbocycles. The van der Waals surface area contributed by atoms with Gasteiger partial charge >= 0.3 is 0 Å². The van der Waals surface area contributed by atoms with Crippen LogP contribution in [0.5, 0.6) is 0 Å². The maximum Gasteiger partial charge on any atom is 0.245 e. The van der Waals surface area contributed by atoms with E-state index >= 15 is 0 Å². The largest absolute Gasteiger partial charge is 0.279 e. The number of amides is 2. The summed E-state index contributed by atoms with van der Waals surface area (Å²) >= 11 is 0. The number of likely N-dealkylation sites (tertiary alicyclic amines) is 1. The summed E-state index contributed by atoms with van der Waals surface area (Å²) in [6.45, 7) is 0. The van der Waals surface area contributed by atoms with Gasteiger partial charge in [0.05, 0.1) is 0 Å². The topological polar surface area (TPSA) is 87.7 Å². The van der Waals surface area contributed by atoms with Crippen LogP contribution in [0, 0.1) is 0 Å². The summed E-state index contributed by atoms with van der Waals surface area (Å²) < 4.78 is 27.5. The first-order chi connectivity index (χ1) is 11.5. The van der Waals surface area contributed by atoms with Crippen molar-refractivity contribution >= 4 is 21.8 Å². The third kappa shape index (κ3) is 2.36. The molecule has 7 nitrogen and oxygen atoms in total. The number of piperidine rings is 1. The average molecular weight is 349 g/mol. The standard InChI is InChI=1S/C16H19N3O4S/c20-15-5-6-16(21)18(15)13-8-11-3-4-12(9-13)19(11)24(22,23)14-2-1-7-17-10-14/h1-2,7,10-13H,3-6,8-9H2/t11-,12+,13?. The van der Waals surface area contributed by atoms with Crippen LogP contribution in [-0.4, -0.2) is 52.5 Å². The third-order valence-electron chi connectivity index (χ3n) is 5.31. The number of carbonyl (C=O) groups is 2. The fourth-order valence-corrected chi connectivity index (χ4v) is 6.19. The van der Waals surface area contributed by atoms with E-state index in [-0.39, 0.29) is 47.7 Å². The van der Waals surface area contributed by atoms with Gasteiger partial charge in [0.2, 0.25) is 21.8 Å². The lowest BCUT2D eigenvalue weighted by Gasteiger charge is -2.40. The molecule has 4 heterocycles. The summed E-state index contributed by atoms with van der Waals surface area (Å²) in [4.78, 5) is 29.5. The lowest BCUT2D eigenvalue weighted by molar-refractivity contribution is -0.142. The minimum atomic E-state index is -3.59. The van der Waals surface area contributed by atoms with E-state index in [2.05, 4.69) is 4.98 Å². The van der Waals surface area contributed by atoms with Crippen LogP contribution in [0.15, 0.2) is 29.4 Å². The molecule has 3 aliphatic rings. The molecule has 2 amide bonds. The van der Waals surface area contributed by atoms with Gasteiger partial charge in [-0.2, -0.15) is 4.31 Å². The van der Waals surface area contributed by atoms with Gasteiger partial charge in [-0.3, -0.25) is 19.5 Å².